The van der Waals surface area contributed by atoms with Gasteiger partial charge in [0.25, 0.3) is 0 Å². The molecule has 0 spiro atoms. The largest absolute Gasteiger partial charge is 0.384 e. The molecule has 110 valence electrons. The molecule has 5 nitrogen and oxygen atoms in total. The van der Waals surface area contributed by atoms with Crippen molar-refractivity contribution in [3.05, 3.63) is 42.2 Å². The Kier molecular flexibility index (Phi) is 3.55. The zero-order chi connectivity index (χ0) is 14.8. The van der Waals surface area contributed by atoms with Crippen LogP contribution in [0.15, 0.2) is 30.6 Å². The lowest BCUT2D eigenvalue weighted by Gasteiger charge is -2.36. The minimum absolute atomic E-state index is 0.200. The van der Waals surface area contributed by atoms with E-state index in [1.54, 1.807) is 12.3 Å². The smallest absolute Gasteiger partial charge is 0.168 e. The normalized spacial score (nSPS) is 15.3. The Bertz CT molecular complexity index is 624. The number of hydrogen-bond donors (Lipinski definition) is 1. The third-order valence-corrected chi connectivity index (χ3v) is 3.50. The molecule has 2 aromatic heterocycles. The Morgan fingerprint density at radius 2 is 1.67 bits per heavy atom. The third-order valence-electron chi connectivity index (χ3n) is 3.50. The molecule has 0 bridgehead atoms. The fraction of sp³-hybridized carbons (Fsp3) is 0.286. The molecule has 0 aromatic carbocycles. The SMILES string of the molecule is Nc1ccc(N2CCN(c3ncc(F)cc3F)CC2)cn1. The summed E-state index contributed by atoms with van der Waals surface area (Å²) in [5.74, 6) is -0.609. The first-order valence-corrected chi connectivity index (χ1v) is 6.66. The number of nitrogens with two attached hydrogens (primary N) is 1. The number of anilines is 3. The first-order valence-electron chi connectivity index (χ1n) is 6.66. The molecule has 0 aliphatic carbocycles. The number of nitrogen functional groups attached to an aromatic ring is 1. The van der Waals surface area contributed by atoms with E-state index in [1.807, 2.05) is 11.0 Å². The van der Waals surface area contributed by atoms with Crippen molar-refractivity contribution in [3.8, 4) is 0 Å². The molecule has 2 N–H and O–H groups in total. The number of nitrogens with zero attached hydrogens (tertiary/aromatic N) is 4. The van der Waals surface area contributed by atoms with Crippen LogP contribution in [0.25, 0.3) is 0 Å². The zero-order valence-electron chi connectivity index (χ0n) is 11.3. The molecule has 0 radical (unpaired) electrons. The van der Waals surface area contributed by atoms with E-state index in [-0.39, 0.29) is 5.82 Å². The Hall–Kier alpha value is -2.44. The van der Waals surface area contributed by atoms with Gasteiger partial charge in [0.05, 0.1) is 18.1 Å². The molecular formula is C14H15F2N5. The van der Waals surface area contributed by atoms with Crippen molar-refractivity contribution in [2.45, 2.75) is 0 Å². The van der Waals surface area contributed by atoms with Crippen LogP contribution in [0.1, 0.15) is 0 Å². The highest BCUT2D eigenvalue weighted by atomic mass is 19.1. The monoisotopic (exact) mass is 291 g/mol. The van der Waals surface area contributed by atoms with E-state index >= 15 is 0 Å². The topological polar surface area (TPSA) is 58.3 Å². The second-order valence-corrected chi connectivity index (χ2v) is 4.87. The average molecular weight is 291 g/mol. The Labute approximate surface area is 121 Å². The molecule has 0 saturated carbocycles. The van der Waals surface area contributed by atoms with Gasteiger partial charge in [-0.15, -0.1) is 0 Å². The Morgan fingerprint density at radius 3 is 2.29 bits per heavy atom. The first-order chi connectivity index (χ1) is 10.1. The molecule has 1 fully saturated rings. The zero-order valence-corrected chi connectivity index (χ0v) is 11.3. The van der Waals surface area contributed by atoms with Gasteiger partial charge < -0.3 is 15.5 Å². The van der Waals surface area contributed by atoms with Crippen LogP contribution in [0.5, 0.6) is 0 Å². The summed E-state index contributed by atoms with van der Waals surface area (Å²) in [6.45, 7) is 2.65. The van der Waals surface area contributed by atoms with Gasteiger partial charge >= 0.3 is 0 Å². The van der Waals surface area contributed by atoms with E-state index in [0.717, 1.165) is 18.0 Å². The van der Waals surface area contributed by atoms with Crippen molar-refractivity contribution < 1.29 is 8.78 Å². The van der Waals surface area contributed by atoms with Crippen LogP contribution in [0.3, 0.4) is 0 Å². The third kappa shape index (κ3) is 2.86. The quantitative estimate of drug-likeness (QED) is 0.912. The molecule has 2 aromatic rings. The maximum absolute atomic E-state index is 13.7. The van der Waals surface area contributed by atoms with Crippen molar-refractivity contribution in [2.24, 2.45) is 0 Å². The fourth-order valence-corrected chi connectivity index (χ4v) is 2.40. The van der Waals surface area contributed by atoms with Crippen molar-refractivity contribution in [1.29, 1.82) is 0 Å². The van der Waals surface area contributed by atoms with Gasteiger partial charge in [-0.2, -0.15) is 0 Å². The van der Waals surface area contributed by atoms with E-state index in [9.17, 15) is 8.78 Å². The van der Waals surface area contributed by atoms with Crippen molar-refractivity contribution in [3.63, 3.8) is 0 Å². The minimum Gasteiger partial charge on any atom is -0.384 e. The van der Waals surface area contributed by atoms with Gasteiger partial charge in [-0.3, -0.25) is 0 Å². The predicted octanol–water partition coefficient (Wildman–Crippen LogP) is 1.66. The molecular weight excluding hydrogens is 276 g/mol. The summed E-state index contributed by atoms with van der Waals surface area (Å²) >= 11 is 0. The van der Waals surface area contributed by atoms with Crippen LogP contribution in [0.4, 0.5) is 26.1 Å². The summed E-state index contributed by atoms with van der Waals surface area (Å²) in [4.78, 5) is 11.9. The molecule has 3 heterocycles. The van der Waals surface area contributed by atoms with Gasteiger partial charge in [-0.05, 0) is 12.1 Å². The molecule has 7 heteroatoms. The molecule has 0 atom stereocenters. The molecule has 0 amide bonds. The summed E-state index contributed by atoms with van der Waals surface area (Å²) in [6.07, 6.45) is 2.76. The van der Waals surface area contributed by atoms with Gasteiger partial charge in [0, 0.05) is 32.2 Å². The summed E-state index contributed by atoms with van der Waals surface area (Å²) in [7, 11) is 0. The number of rotatable bonds is 2. The minimum atomic E-state index is -0.664. The van der Waals surface area contributed by atoms with Crippen molar-refractivity contribution in [1.82, 2.24) is 9.97 Å². The van der Waals surface area contributed by atoms with Crippen molar-refractivity contribution in [2.75, 3.05) is 41.7 Å². The average Bonchev–Trinajstić information content (AvgIpc) is 2.48. The summed E-state index contributed by atoms with van der Waals surface area (Å²) < 4.78 is 26.6. The lowest BCUT2D eigenvalue weighted by atomic mass is 10.2. The number of halogens is 2. The van der Waals surface area contributed by atoms with Crippen LogP contribution < -0.4 is 15.5 Å². The molecule has 21 heavy (non-hydrogen) atoms. The molecule has 1 saturated heterocycles. The van der Waals surface area contributed by atoms with E-state index < -0.39 is 11.6 Å². The van der Waals surface area contributed by atoms with Gasteiger partial charge in [-0.1, -0.05) is 0 Å². The highest BCUT2D eigenvalue weighted by Crippen LogP contribution is 2.21. The number of aromatic nitrogens is 2. The maximum atomic E-state index is 13.7. The highest BCUT2D eigenvalue weighted by Gasteiger charge is 2.21. The second kappa shape index (κ2) is 5.51. The summed E-state index contributed by atoms with van der Waals surface area (Å²) in [6, 6.07) is 4.52. The molecule has 1 aliphatic heterocycles. The summed E-state index contributed by atoms with van der Waals surface area (Å²) in [5.41, 5.74) is 6.55. The Morgan fingerprint density at radius 1 is 0.952 bits per heavy atom. The van der Waals surface area contributed by atoms with Gasteiger partial charge in [0.15, 0.2) is 11.6 Å². The van der Waals surface area contributed by atoms with Gasteiger partial charge in [0.2, 0.25) is 0 Å². The number of pyridine rings is 2. The number of hydrogen-bond acceptors (Lipinski definition) is 5. The highest BCUT2D eigenvalue weighted by molar-refractivity contribution is 5.50. The molecule has 3 rings (SSSR count). The van der Waals surface area contributed by atoms with E-state index in [0.29, 0.717) is 32.0 Å². The molecule has 1 aliphatic rings. The van der Waals surface area contributed by atoms with Crippen LogP contribution >= 0.6 is 0 Å². The van der Waals surface area contributed by atoms with E-state index in [2.05, 4.69) is 14.9 Å². The predicted molar refractivity (Wildman–Crippen MR) is 77.2 cm³/mol. The maximum Gasteiger partial charge on any atom is 0.168 e. The number of piperazine rings is 1. The van der Waals surface area contributed by atoms with E-state index in [1.165, 1.54) is 0 Å². The van der Waals surface area contributed by atoms with Gasteiger partial charge in [-0.25, -0.2) is 18.7 Å². The molecule has 0 unspecified atom stereocenters. The lowest BCUT2D eigenvalue weighted by molar-refractivity contribution is 0.558. The van der Waals surface area contributed by atoms with Crippen LogP contribution in [-0.2, 0) is 0 Å². The van der Waals surface area contributed by atoms with Crippen LogP contribution in [0.2, 0.25) is 0 Å². The standard InChI is InChI=1S/C14H15F2N5/c15-10-7-12(16)14(19-8-10)21-5-3-20(4-6-21)11-1-2-13(17)18-9-11/h1-2,7-9H,3-6H2,(H2,17,18). The van der Waals surface area contributed by atoms with E-state index in [4.69, 9.17) is 5.73 Å². The second-order valence-electron chi connectivity index (χ2n) is 4.87. The van der Waals surface area contributed by atoms with Crippen LogP contribution in [-0.4, -0.2) is 36.1 Å². The van der Waals surface area contributed by atoms with Crippen LogP contribution in [0, 0.1) is 11.6 Å². The first kappa shape index (κ1) is 13.5. The van der Waals surface area contributed by atoms with Crippen molar-refractivity contribution >= 4 is 17.3 Å². The fourth-order valence-electron chi connectivity index (χ4n) is 2.40. The summed E-state index contributed by atoms with van der Waals surface area (Å²) in [5, 5.41) is 0. The lowest BCUT2D eigenvalue weighted by Crippen LogP contribution is -2.47. The Balaban J connectivity index is 1.68. The van der Waals surface area contributed by atoms with Gasteiger partial charge in [0.1, 0.15) is 11.6 Å².